The number of hydrogen-bond donors (Lipinski definition) is 0. The van der Waals surface area contributed by atoms with Gasteiger partial charge in [-0.25, -0.2) is 8.42 Å². The van der Waals surface area contributed by atoms with E-state index < -0.39 is 10.1 Å². The van der Waals surface area contributed by atoms with Crippen molar-refractivity contribution in [3.05, 3.63) is 0 Å². The van der Waals surface area contributed by atoms with Crippen LogP contribution in [-0.4, -0.2) is 50.4 Å². The van der Waals surface area contributed by atoms with Crippen molar-refractivity contribution in [3.63, 3.8) is 0 Å². The molecule has 0 aliphatic rings. The molecular weight excluding hydrogens is 190 g/mol. The highest BCUT2D eigenvalue weighted by Gasteiger charge is 2.25. The lowest BCUT2D eigenvalue weighted by molar-refractivity contribution is -0.917. The molecule has 0 aromatic heterocycles. The minimum absolute atomic E-state index is 0.375. The average Bonchev–Trinajstić information content (AvgIpc) is 1.50. The van der Waals surface area contributed by atoms with E-state index in [1.807, 2.05) is 0 Å². The molecule has 0 radical (unpaired) electrons. The summed E-state index contributed by atoms with van der Waals surface area (Å²) in [6, 6.07) is 0. The minimum Gasteiger partial charge on any atom is -0.748 e. The molecular formula is C8H21NO3S. The zero-order chi connectivity index (χ0) is 11.5. The summed E-state index contributed by atoms with van der Waals surface area (Å²) in [6.45, 7) is 6.73. The van der Waals surface area contributed by atoms with Gasteiger partial charge in [0.05, 0.1) is 36.8 Å². The van der Waals surface area contributed by atoms with E-state index in [0.717, 1.165) is 4.48 Å². The van der Waals surface area contributed by atoms with Crippen LogP contribution in [0.1, 0.15) is 20.8 Å². The normalized spacial score (nSPS) is 13.2. The summed E-state index contributed by atoms with van der Waals surface area (Å²) in [4.78, 5) is 0. The summed E-state index contributed by atoms with van der Waals surface area (Å²) in [5.74, 6) is 0. The molecule has 5 heteroatoms. The molecule has 0 atom stereocenters. The van der Waals surface area contributed by atoms with Crippen LogP contribution in [0.2, 0.25) is 0 Å². The Hall–Kier alpha value is -0.130. The van der Waals surface area contributed by atoms with Gasteiger partial charge in [0, 0.05) is 6.26 Å². The quantitative estimate of drug-likeness (QED) is 0.437. The van der Waals surface area contributed by atoms with Gasteiger partial charge in [-0.2, -0.15) is 0 Å². The largest absolute Gasteiger partial charge is 0.748 e. The first-order chi connectivity index (χ1) is 5.25. The molecule has 0 aromatic carbocycles. The van der Waals surface area contributed by atoms with Crippen molar-refractivity contribution in [1.82, 2.24) is 0 Å². The lowest BCUT2D eigenvalue weighted by Gasteiger charge is -2.38. The molecule has 0 saturated carbocycles. The Morgan fingerprint density at radius 1 is 1.08 bits per heavy atom. The van der Waals surface area contributed by atoms with Gasteiger partial charge < -0.3 is 9.04 Å². The molecule has 0 heterocycles. The van der Waals surface area contributed by atoms with E-state index in [2.05, 4.69) is 41.9 Å². The van der Waals surface area contributed by atoms with Crippen molar-refractivity contribution in [2.45, 2.75) is 26.3 Å². The van der Waals surface area contributed by atoms with Gasteiger partial charge in [-0.3, -0.25) is 0 Å². The Morgan fingerprint density at radius 2 is 1.15 bits per heavy atom. The topological polar surface area (TPSA) is 57.2 Å². The number of rotatable bonds is 0. The van der Waals surface area contributed by atoms with Crippen LogP contribution in [-0.2, 0) is 10.1 Å². The van der Waals surface area contributed by atoms with Gasteiger partial charge >= 0.3 is 0 Å². The van der Waals surface area contributed by atoms with E-state index in [1.165, 1.54) is 0 Å². The molecule has 0 N–H and O–H groups in total. The Morgan fingerprint density at radius 3 is 1.15 bits per heavy atom. The van der Waals surface area contributed by atoms with Crippen LogP contribution < -0.4 is 0 Å². The summed E-state index contributed by atoms with van der Waals surface area (Å²) >= 11 is 0. The zero-order valence-corrected chi connectivity index (χ0v) is 10.4. The van der Waals surface area contributed by atoms with Crippen molar-refractivity contribution in [1.29, 1.82) is 0 Å². The van der Waals surface area contributed by atoms with Crippen molar-refractivity contribution in [2.75, 3.05) is 27.4 Å². The molecule has 0 unspecified atom stereocenters. The Balaban J connectivity index is 0. The van der Waals surface area contributed by atoms with Gasteiger partial charge in [-0.15, -0.1) is 0 Å². The minimum atomic E-state index is -3.92. The van der Waals surface area contributed by atoms with Gasteiger partial charge in [-0.1, -0.05) is 0 Å². The van der Waals surface area contributed by atoms with Gasteiger partial charge in [-0.05, 0) is 20.8 Å². The zero-order valence-electron chi connectivity index (χ0n) is 9.58. The van der Waals surface area contributed by atoms with Crippen LogP contribution in [0.25, 0.3) is 0 Å². The molecule has 0 bridgehead atoms. The van der Waals surface area contributed by atoms with Gasteiger partial charge in [0.1, 0.15) is 0 Å². The van der Waals surface area contributed by atoms with Crippen LogP contribution in [0.4, 0.5) is 0 Å². The summed E-state index contributed by atoms with van der Waals surface area (Å²) < 4.78 is 28.3. The van der Waals surface area contributed by atoms with Crippen LogP contribution in [0.15, 0.2) is 0 Å². The Kier molecular flexibility index (Phi) is 5.18. The molecule has 0 aliphatic carbocycles. The lowest BCUT2D eigenvalue weighted by atomic mass is 10.1. The van der Waals surface area contributed by atoms with Gasteiger partial charge in [0.2, 0.25) is 0 Å². The van der Waals surface area contributed by atoms with Crippen LogP contribution in [0.3, 0.4) is 0 Å². The summed E-state index contributed by atoms with van der Waals surface area (Å²) in [7, 11) is 2.71. The predicted octanol–water partition coefficient (Wildman–Crippen LogP) is 0.653. The second-order valence-corrected chi connectivity index (χ2v) is 6.30. The maximum absolute atomic E-state index is 9.08. The molecule has 82 valence electrons. The Labute approximate surface area is 81.9 Å². The van der Waals surface area contributed by atoms with Crippen LogP contribution in [0, 0.1) is 0 Å². The molecule has 0 saturated heterocycles. The molecule has 0 aliphatic heterocycles. The second kappa shape index (κ2) is 4.39. The fourth-order valence-electron chi connectivity index (χ4n) is 0. The number of nitrogens with zero attached hydrogens (tertiary/aromatic N) is 1. The average molecular weight is 211 g/mol. The second-order valence-electron chi connectivity index (χ2n) is 4.89. The number of quaternary nitrogens is 1. The first kappa shape index (κ1) is 15.3. The van der Waals surface area contributed by atoms with Crippen LogP contribution in [0.5, 0.6) is 0 Å². The third-order valence-corrected chi connectivity index (χ3v) is 2.01. The van der Waals surface area contributed by atoms with E-state index in [1.54, 1.807) is 0 Å². The fraction of sp³-hybridized carbons (Fsp3) is 1.00. The molecule has 0 amide bonds. The highest BCUT2D eigenvalue weighted by molar-refractivity contribution is 7.84. The van der Waals surface area contributed by atoms with Gasteiger partial charge in [0.15, 0.2) is 0 Å². The first-order valence-corrected chi connectivity index (χ1v) is 5.79. The number of hydrogen-bond acceptors (Lipinski definition) is 3. The van der Waals surface area contributed by atoms with Crippen molar-refractivity contribution in [2.24, 2.45) is 0 Å². The summed E-state index contributed by atoms with van der Waals surface area (Å²) in [5.41, 5.74) is 0.375. The SMILES string of the molecule is CC(C)(C)[N+](C)(C)C.CS(=O)(=O)[O-]. The fourth-order valence-corrected chi connectivity index (χ4v) is 0. The van der Waals surface area contributed by atoms with E-state index in [9.17, 15) is 0 Å². The molecule has 0 fully saturated rings. The molecule has 0 rings (SSSR count). The highest BCUT2D eigenvalue weighted by atomic mass is 32.2. The smallest absolute Gasteiger partial charge is 0.0916 e. The lowest BCUT2D eigenvalue weighted by Crippen LogP contribution is -2.50. The third-order valence-electron chi connectivity index (χ3n) is 2.01. The molecule has 0 spiro atoms. The van der Waals surface area contributed by atoms with E-state index in [-0.39, 0.29) is 0 Å². The summed E-state index contributed by atoms with van der Waals surface area (Å²) in [6.07, 6.45) is 0.604. The molecule has 4 nitrogen and oxygen atoms in total. The van der Waals surface area contributed by atoms with Crippen molar-refractivity contribution in [3.8, 4) is 0 Å². The van der Waals surface area contributed by atoms with Crippen molar-refractivity contribution >= 4 is 10.1 Å². The molecule has 0 aromatic rings. The monoisotopic (exact) mass is 211 g/mol. The van der Waals surface area contributed by atoms with E-state index >= 15 is 0 Å². The van der Waals surface area contributed by atoms with Crippen molar-refractivity contribution < 1.29 is 17.5 Å². The first-order valence-electron chi connectivity index (χ1n) is 3.97. The maximum atomic E-state index is 9.08. The van der Waals surface area contributed by atoms with Crippen LogP contribution >= 0.6 is 0 Å². The Bertz CT molecular complexity index is 211. The van der Waals surface area contributed by atoms with E-state index in [4.69, 9.17) is 13.0 Å². The molecule has 13 heavy (non-hydrogen) atoms. The maximum Gasteiger partial charge on any atom is 0.0916 e. The third kappa shape index (κ3) is 14.7. The summed E-state index contributed by atoms with van der Waals surface area (Å²) in [5, 5.41) is 0. The predicted molar refractivity (Wildman–Crippen MR) is 53.4 cm³/mol. The van der Waals surface area contributed by atoms with E-state index in [0.29, 0.717) is 11.8 Å². The van der Waals surface area contributed by atoms with Gasteiger partial charge in [0.25, 0.3) is 0 Å². The standard InChI is InChI=1S/C7H18N.CH4O3S/c1-7(2,3)8(4,5)6;1-5(2,3)4/h1-6H3;1H3,(H,2,3,4)/q+1;/p-1. The highest BCUT2D eigenvalue weighted by Crippen LogP contribution is 2.14.